The fourth-order valence-electron chi connectivity index (χ4n) is 5.57. The zero-order valence-electron chi connectivity index (χ0n) is 22.0. The van der Waals surface area contributed by atoms with Gasteiger partial charge in [0.1, 0.15) is 0 Å². The van der Waals surface area contributed by atoms with Gasteiger partial charge in [-0.2, -0.15) is 0 Å². The Balaban J connectivity index is 1.63. The van der Waals surface area contributed by atoms with E-state index in [4.69, 9.17) is 0 Å². The maximum Gasteiger partial charge on any atom is 0.251 e. The van der Waals surface area contributed by atoms with Crippen molar-refractivity contribution in [1.82, 2.24) is 10.6 Å². The maximum atomic E-state index is 13.0. The molecule has 1 aliphatic rings. The third kappa shape index (κ3) is 6.71. The van der Waals surface area contributed by atoms with Crippen molar-refractivity contribution in [1.29, 1.82) is 0 Å². The lowest BCUT2D eigenvalue weighted by molar-refractivity contribution is 0.0592. The van der Waals surface area contributed by atoms with Gasteiger partial charge in [-0.25, -0.2) is 0 Å². The number of carbonyl (C=O) groups excluding carboxylic acids is 2. The fourth-order valence-corrected chi connectivity index (χ4v) is 5.57. The zero-order chi connectivity index (χ0) is 25.1. The van der Waals surface area contributed by atoms with Crippen LogP contribution in [0, 0.1) is 10.8 Å². The van der Waals surface area contributed by atoms with Crippen LogP contribution in [-0.2, 0) is 0 Å². The quantitative estimate of drug-likeness (QED) is 0.482. The van der Waals surface area contributed by atoms with Gasteiger partial charge in [-0.3, -0.25) is 9.59 Å². The number of rotatable bonds is 7. The van der Waals surface area contributed by atoms with E-state index < -0.39 is 0 Å². The Kier molecular flexibility index (Phi) is 7.90. The van der Waals surface area contributed by atoms with Gasteiger partial charge < -0.3 is 10.6 Å². The molecule has 2 unspecified atom stereocenters. The standard InChI is InChI=1S/C30H42N2O2/c1-20(2)22-8-12-24(13-9-22)27(33)31-19-30(7)17-26(16-29(5,6)18-30)32-28(34)25-14-10-23(11-15-25)21(3)4/h8-15,20-21,26H,16-19H2,1-7H3,(H,31,33)(H,32,34). The maximum absolute atomic E-state index is 13.0. The Labute approximate surface area is 205 Å². The van der Waals surface area contributed by atoms with Crippen molar-refractivity contribution in [3.05, 3.63) is 70.8 Å². The molecule has 0 saturated heterocycles. The molecule has 1 aliphatic carbocycles. The summed E-state index contributed by atoms with van der Waals surface area (Å²) in [5.41, 5.74) is 3.85. The van der Waals surface area contributed by atoms with E-state index in [9.17, 15) is 9.59 Å². The molecule has 4 nitrogen and oxygen atoms in total. The lowest BCUT2D eigenvalue weighted by Crippen LogP contribution is -2.50. The first kappa shape index (κ1) is 26.0. The highest BCUT2D eigenvalue weighted by Crippen LogP contribution is 2.45. The van der Waals surface area contributed by atoms with Crippen LogP contribution in [0.2, 0.25) is 0 Å². The monoisotopic (exact) mass is 462 g/mol. The summed E-state index contributed by atoms with van der Waals surface area (Å²) in [6.45, 7) is 15.9. The molecule has 184 valence electrons. The topological polar surface area (TPSA) is 58.2 Å². The van der Waals surface area contributed by atoms with Crippen LogP contribution >= 0.6 is 0 Å². The van der Waals surface area contributed by atoms with Crippen molar-refractivity contribution >= 4 is 11.8 Å². The Morgan fingerprint density at radius 3 is 1.74 bits per heavy atom. The van der Waals surface area contributed by atoms with Crippen LogP contribution in [0.25, 0.3) is 0 Å². The lowest BCUT2D eigenvalue weighted by Gasteiger charge is -2.47. The molecule has 2 amide bonds. The highest BCUT2D eigenvalue weighted by atomic mass is 16.2. The third-order valence-corrected chi connectivity index (χ3v) is 7.13. The van der Waals surface area contributed by atoms with E-state index in [-0.39, 0.29) is 28.7 Å². The molecule has 2 aromatic carbocycles. The van der Waals surface area contributed by atoms with Gasteiger partial charge in [-0.15, -0.1) is 0 Å². The van der Waals surface area contributed by atoms with E-state index in [1.165, 1.54) is 11.1 Å². The molecule has 0 bridgehead atoms. The van der Waals surface area contributed by atoms with Crippen molar-refractivity contribution < 1.29 is 9.59 Å². The van der Waals surface area contributed by atoms with E-state index in [0.29, 0.717) is 29.5 Å². The summed E-state index contributed by atoms with van der Waals surface area (Å²) >= 11 is 0. The number of hydrogen-bond acceptors (Lipinski definition) is 2. The Morgan fingerprint density at radius 2 is 1.26 bits per heavy atom. The van der Waals surface area contributed by atoms with Crippen LogP contribution in [0.3, 0.4) is 0 Å². The molecule has 0 radical (unpaired) electrons. The number of amides is 2. The van der Waals surface area contributed by atoms with E-state index in [0.717, 1.165) is 19.3 Å². The summed E-state index contributed by atoms with van der Waals surface area (Å²) in [4.78, 5) is 25.8. The molecule has 2 aromatic rings. The molecule has 2 N–H and O–H groups in total. The minimum atomic E-state index is -0.0886. The van der Waals surface area contributed by atoms with Gasteiger partial charge in [0, 0.05) is 23.7 Å². The molecule has 0 aromatic heterocycles. The van der Waals surface area contributed by atoms with Gasteiger partial charge in [0.2, 0.25) is 0 Å². The third-order valence-electron chi connectivity index (χ3n) is 7.13. The van der Waals surface area contributed by atoms with E-state index in [1.807, 2.05) is 48.5 Å². The summed E-state index contributed by atoms with van der Waals surface area (Å²) in [5.74, 6) is 0.835. The molecular weight excluding hydrogens is 420 g/mol. The van der Waals surface area contributed by atoms with Crippen molar-refractivity contribution in [3.63, 3.8) is 0 Å². The molecule has 1 fully saturated rings. The summed E-state index contributed by atoms with van der Waals surface area (Å²) in [7, 11) is 0. The zero-order valence-corrected chi connectivity index (χ0v) is 22.0. The van der Waals surface area contributed by atoms with Gasteiger partial charge in [0.25, 0.3) is 11.8 Å². The van der Waals surface area contributed by atoms with Crippen molar-refractivity contribution in [2.45, 2.75) is 85.6 Å². The number of nitrogens with one attached hydrogen (secondary N) is 2. The number of benzene rings is 2. The second-order valence-electron chi connectivity index (χ2n) is 12.0. The second-order valence-corrected chi connectivity index (χ2v) is 12.0. The number of carbonyl (C=O) groups is 2. The van der Waals surface area contributed by atoms with Crippen LogP contribution in [0.4, 0.5) is 0 Å². The SMILES string of the molecule is CC(C)c1ccc(C(=O)NCC2(C)CC(NC(=O)c3ccc(C(C)C)cc3)CC(C)(C)C2)cc1. The fraction of sp³-hybridized carbons (Fsp3) is 0.533. The van der Waals surface area contributed by atoms with Crippen molar-refractivity contribution in [2.24, 2.45) is 10.8 Å². The van der Waals surface area contributed by atoms with Gasteiger partial charge in [-0.05, 0) is 77.3 Å². The Bertz CT molecular complexity index is 989. The number of hydrogen-bond donors (Lipinski definition) is 2. The van der Waals surface area contributed by atoms with Crippen molar-refractivity contribution in [3.8, 4) is 0 Å². The molecule has 0 aliphatic heterocycles. The average Bonchev–Trinajstić information content (AvgIpc) is 2.76. The highest BCUT2D eigenvalue weighted by Gasteiger charge is 2.42. The van der Waals surface area contributed by atoms with E-state index in [2.05, 4.69) is 59.1 Å². The van der Waals surface area contributed by atoms with Gasteiger partial charge in [0.15, 0.2) is 0 Å². The van der Waals surface area contributed by atoms with E-state index >= 15 is 0 Å². The first-order chi connectivity index (χ1) is 15.9. The molecular formula is C30H42N2O2. The molecule has 4 heteroatoms. The smallest absolute Gasteiger partial charge is 0.251 e. The van der Waals surface area contributed by atoms with Crippen LogP contribution in [0.1, 0.15) is 111 Å². The normalized spacial score (nSPS) is 22.0. The molecule has 34 heavy (non-hydrogen) atoms. The molecule has 3 rings (SSSR count). The lowest BCUT2D eigenvalue weighted by atomic mass is 9.62. The summed E-state index contributed by atoms with van der Waals surface area (Å²) < 4.78 is 0. The van der Waals surface area contributed by atoms with Crippen LogP contribution in [-0.4, -0.2) is 24.4 Å². The predicted molar refractivity (Wildman–Crippen MR) is 140 cm³/mol. The summed E-state index contributed by atoms with van der Waals surface area (Å²) in [6.07, 6.45) is 2.78. The van der Waals surface area contributed by atoms with Gasteiger partial charge in [-0.1, -0.05) is 72.7 Å². The molecule has 0 spiro atoms. The largest absolute Gasteiger partial charge is 0.351 e. The van der Waals surface area contributed by atoms with Gasteiger partial charge in [0.05, 0.1) is 0 Å². The Hall–Kier alpha value is -2.62. The van der Waals surface area contributed by atoms with E-state index in [1.54, 1.807) is 0 Å². The van der Waals surface area contributed by atoms with Gasteiger partial charge >= 0.3 is 0 Å². The summed E-state index contributed by atoms with van der Waals surface area (Å²) in [5, 5.41) is 6.45. The molecule has 2 atom stereocenters. The van der Waals surface area contributed by atoms with Crippen molar-refractivity contribution in [2.75, 3.05) is 6.54 Å². The first-order valence-electron chi connectivity index (χ1n) is 12.7. The summed E-state index contributed by atoms with van der Waals surface area (Å²) in [6, 6.07) is 15.9. The second kappa shape index (κ2) is 10.3. The highest BCUT2D eigenvalue weighted by molar-refractivity contribution is 5.95. The Morgan fingerprint density at radius 1 is 0.794 bits per heavy atom. The molecule has 0 heterocycles. The predicted octanol–water partition coefficient (Wildman–Crippen LogP) is 6.68. The van der Waals surface area contributed by atoms with Crippen LogP contribution in [0.5, 0.6) is 0 Å². The minimum Gasteiger partial charge on any atom is -0.351 e. The molecule has 1 saturated carbocycles. The average molecular weight is 463 g/mol. The first-order valence-corrected chi connectivity index (χ1v) is 12.7. The van der Waals surface area contributed by atoms with Crippen LogP contribution < -0.4 is 10.6 Å². The minimum absolute atomic E-state index is 0.0189. The van der Waals surface area contributed by atoms with Crippen LogP contribution in [0.15, 0.2) is 48.5 Å².